The molecule has 9 heavy (non-hydrogen) atoms. The molecule has 0 saturated heterocycles. The second-order valence-corrected chi connectivity index (χ2v) is 1.37. The maximum atomic E-state index is 10.5. The van der Waals surface area contributed by atoms with Crippen LogP contribution in [0.5, 0.6) is 0 Å². The van der Waals surface area contributed by atoms with Gasteiger partial charge in [0.2, 0.25) is 0 Å². The van der Waals surface area contributed by atoms with Gasteiger partial charge < -0.3 is 10.5 Å². The van der Waals surface area contributed by atoms with Gasteiger partial charge in [0.15, 0.2) is 0 Å². The Morgan fingerprint density at radius 1 is 1.67 bits per heavy atom. The van der Waals surface area contributed by atoms with Gasteiger partial charge in [-0.15, -0.1) is 6.58 Å². The van der Waals surface area contributed by atoms with E-state index in [1.165, 1.54) is 6.08 Å². The van der Waals surface area contributed by atoms with Gasteiger partial charge in [-0.3, -0.25) is 0 Å². The van der Waals surface area contributed by atoms with Crippen LogP contribution in [0, 0.1) is 0 Å². The number of rotatable bonds is 3. The van der Waals surface area contributed by atoms with E-state index in [2.05, 4.69) is 17.9 Å². The summed E-state index contributed by atoms with van der Waals surface area (Å²) in [7, 11) is 0. The first kappa shape index (κ1) is 7.91. The van der Waals surface area contributed by atoms with E-state index >= 15 is 0 Å². The Morgan fingerprint density at radius 3 is 2.56 bits per heavy atom. The van der Waals surface area contributed by atoms with Crippen LogP contribution >= 0.6 is 0 Å². The quantitative estimate of drug-likeness (QED) is 0.334. The fourth-order valence-electron chi connectivity index (χ4n) is 0.257. The zero-order valence-electron chi connectivity index (χ0n) is 5.04. The number of nitrogens with two attached hydrogens (primary N) is 1. The van der Waals surface area contributed by atoms with Crippen LogP contribution in [-0.4, -0.2) is 12.0 Å². The van der Waals surface area contributed by atoms with Crippen molar-refractivity contribution in [2.24, 2.45) is 5.73 Å². The molecular formula is C6H9NO2. The highest BCUT2D eigenvalue weighted by atomic mass is 16.5. The SMILES string of the molecule is C=COC(=O)C(N)C=C. The Morgan fingerprint density at radius 2 is 2.22 bits per heavy atom. The molecule has 0 aliphatic rings. The maximum absolute atomic E-state index is 10.5. The van der Waals surface area contributed by atoms with E-state index in [0.29, 0.717) is 0 Å². The average Bonchev–Trinajstić information content (AvgIpc) is 1.87. The number of hydrogen-bond acceptors (Lipinski definition) is 3. The van der Waals surface area contributed by atoms with Gasteiger partial charge in [0, 0.05) is 0 Å². The highest BCUT2D eigenvalue weighted by Crippen LogP contribution is 1.84. The normalized spacial score (nSPS) is 11.7. The summed E-state index contributed by atoms with van der Waals surface area (Å²) in [5.74, 6) is -0.542. The number of hydrogen-bond donors (Lipinski definition) is 1. The molecule has 0 spiro atoms. The molecule has 0 amide bonds. The molecule has 0 aromatic rings. The van der Waals surface area contributed by atoms with Gasteiger partial charge in [-0.2, -0.15) is 0 Å². The van der Waals surface area contributed by atoms with Crippen molar-refractivity contribution in [3.8, 4) is 0 Å². The summed E-state index contributed by atoms with van der Waals surface area (Å²) in [5, 5.41) is 0. The first-order chi connectivity index (χ1) is 4.22. The summed E-state index contributed by atoms with van der Waals surface area (Å²) in [4.78, 5) is 10.5. The number of esters is 1. The second-order valence-electron chi connectivity index (χ2n) is 1.37. The van der Waals surface area contributed by atoms with Crippen LogP contribution in [0.2, 0.25) is 0 Å². The Kier molecular flexibility index (Phi) is 3.39. The fraction of sp³-hybridized carbons (Fsp3) is 0.167. The van der Waals surface area contributed by atoms with Gasteiger partial charge in [0.05, 0.1) is 6.26 Å². The van der Waals surface area contributed by atoms with Crippen LogP contribution in [0.25, 0.3) is 0 Å². The summed E-state index contributed by atoms with van der Waals surface area (Å²) in [6, 6.07) is -0.747. The highest BCUT2D eigenvalue weighted by Gasteiger charge is 2.07. The van der Waals surface area contributed by atoms with Gasteiger partial charge in [-0.1, -0.05) is 12.7 Å². The molecule has 0 rings (SSSR count). The van der Waals surface area contributed by atoms with E-state index in [-0.39, 0.29) is 0 Å². The Labute approximate surface area is 53.8 Å². The van der Waals surface area contributed by atoms with Crippen molar-refractivity contribution in [3.63, 3.8) is 0 Å². The minimum Gasteiger partial charge on any atom is -0.434 e. The summed E-state index contributed by atoms with van der Waals surface area (Å²) in [6.45, 7) is 6.49. The standard InChI is InChI=1S/C6H9NO2/c1-3-5(7)6(8)9-4-2/h3-5H,1-2,7H2. The first-order valence-electron chi connectivity index (χ1n) is 2.42. The van der Waals surface area contributed by atoms with Crippen molar-refractivity contribution in [1.29, 1.82) is 0 Å². The predicted molar refractivity (Wildman–Crippen MR) is 34.5 cm³/mol. The molecule has 0 bridgehead atoms. The minimum atomic E-state index is -0.747. The van der Waals surface area contributed by atoms with Crippen molar-refractivity contribution >= 4 is 5.97 Å². The Hall–Kier alpha value is -1.09. The topological polar surface area (TPSA) is 52.3 Å². The fourth-order valence-corrected chi connectivity index (χ4v) is 0.257. The highest BCUT2D eigenvalue weighted by molar-refractivity contribution is 5.77. The van der Waals surface area contributed by atoms with Gasteiger partial charge in [0.25, 0.3) is 0 Å². The lowest BCUT2D eigenvalue weighted by Crippen LogP contribution is -2.28. The monoisotopic (exact) mass is 127 g/mol. The molecule has 2 N–H and O–H groups in total. The molecule has 0 fully saturated rings. The third-order valence-electron chi connectivity index (χ3n) is 0.726. The third-order valence-corrected chi connectivity index (χ3v) is 0.726. The van der Waals surface area contributed by atoms with Crippen molar-refractivity contribution in [3.05, 3.63) is 25.5 Å². The third kappa shape index (κ3) is 2.66. The van der Waals surface area contributed by atoms with Crippen molar-refractivity contribution in [2.75, 3.05) is 0 Å². The molecule has 0 heterocycles. The van der Waals surface area contributed by atoms with Gasteiger partial charge >= 0.3 is 5.97 Å². The van der Waals surface area contributed by atoms with Crippen molar-refractivity contribution in [2.45, 2.75) is 6.04 Å². The van der Waals surface area contributed by atoms with Crippen molar-refractivity contribution < 1.29 is 9.53 Å². The molecule has 50 valence electrons. The molecule has 0 aromatic carbocycles. The summed E-state index contributed by atoms with van der Waals surface area (Å²) < 4.78 is 4.32. The molecule has 0 radical (unpaired) electrons. The van der Waals surface area contributed by atoms with Gasteiger partial charge in [-0.25, -0.2) is 4.79 Å². The van der Waals surface area contributed by atoms with E-state index in [9.17, 15) is 4.79 Å². The molecule has 3 heteroatoms. The minimum absolute atomic E-state index is 0.542. The molecular weight excluding hydrogens is 118 g/mol. The molecule has 0 aliphatic heterocycles. The van der Waals surface area contributed by atoms with Crippen LogP contribution in [0.1, 0.15) is 0 Å². The Balaban J connectivity index is 3.71. The van der Waals surface area contributed by atoms with Crippen LogP contribution in [0.15, 0.2) is 25.5 Å². The molecule has 0 aliphatic carbocycles. The zero-order chi connectivity index (χ0) is 7.28. The maximum Gasteiger partial charge on any atom is 0.331 e. The smallest absolute Gasteiger partial charge is 0.331 e. The lowest BCUT2D eigenvalue weighted by molar-refractivity contribution is -0.138. The zero-order valence-corrected chi connectivity index (χ0v) is 5.04. The van der Waals surface area contributed by atoms with E-state index in [0.717, 1.165) is 6.26 Å². The van der Waals surface area contributed by atoms with E-state index in [1.807, 2.05) is 0 Å². The number of carbonyl (C=O) groups is 1. The summed E-state index contributed by atoms with van der Waals surface area (Å²) in [5.41, 5.74) is 5.16. The Bertz CT molecular complexity index is 131. The summed E-state index contributed by atoms with van der Waals surface area (Å²) in [6.07, 6.45) is 2.33. The number of carbonyl (C=O) groups excluding carboxylic acids is 1. The number of ether oxygens (including phenoxy) is 1. The molecule has 3 nitrogen and oxygen atoms in total. The summed E-state index contributed by atoms with van der Waals surface area (Å²) >= 11 is 0. The van der Waals surface area contributed by atoms with Crippen LogP contribution in [0.3, 0.4) is 0 Å². The molecule has 1 unspecified atom stereocenters. The largest absolute Gasteiger partial charge is 0.434 e. The predicted octanol–water partition coefficient (Wildman–Crippen LogP) is 0.186. The van der Waals surface area contributed by atoms with Crippen LogP contribution < -0.4 is 5.73 Å². The van der Waals surface area contributed by atoms with Crippen LogP contribution in [0.4, 0.5) is 0 Å². The van der Waals surface area contributed by atoms with E-state index < -0.39 is 12.0 Å². The second kappa shape index (κ2) is 3.86. The van der Waals surface area contributed by atoms with Crippen LogP contribution in [-0.2, 0) is 9.53 Å². The lowest BCUT2D eigenvalue weighted by Gasteiger charge is -2.00. The first-order valence-corrected chi connectivity index (χ1v) is 2.42. The molecule has 1 atom stereocenters. The van der Waals surface area contributed by atoms with E-state index in [4.69, 9.17) is 5.73 Å². The van der Waals surface area contributed by atoms with Crippen molar-refractivity contribution in [1.82, 2.24) is 0 Å². The average molecular weight is 127 g/mol. The van der Waals surface area contributed by atoms with Gasteiger partial charge in [0.1, 0.15) is 6.04 Å². The van der Waals surface area contributed by atoms with E-state index in [1.54, 1.807) is 0 Å². The molecule has 0 aromatic heterocycles. The lowest BCUT2D eigenvalue weighted by atomic mass is 10.3. The van der Waals surface area contributed by atoms with Gasteiger partial charge in [-0.05, 0) is 0 Å². The molecule has 0 saturated carbocycles.